The number of carbonyl (C=O) groups excluding carboxylic acids is 1. The molecule has 0 aliphatic rings. The first-order chi connectivity index (χ1) is 15.7. The van der Waals surface area contributed by atoms with Gasteiger partial charge in [0.05, 0.1) is 13.7 Å². The SMILES string of the molecule is CCCCCCOc1ccc(/C=C/C(=O)Oc2ccc(-c3ccccc3)cc2)cc1OC. The Morgan fingerprint density at radius 1 is 0.844 bits per heavy atom. The molecule has 0 fully saturated rings. The lowest BCUT2D eigenvalue weighted by Gasteiger charge is -2.11. The Hall–Kier alpha value is -3.53. The summed E-state index contributed by atoms with van der Waals surface area (Å²) in [6.45, 7) is 2.86. The molecule has 4 heteroatoms. The van der Waals surface area contributed by atoms with Crippen LogP contribution in [0.15, 0.2) is 78.9 Å². The largest absolute Gasteiger partial charge is 0.493 e. The molecule has 32 heavy (non-hydrogen) atoms. The van der Waals surface area contributed by atoms with E-state index in [1.165, 1.54) is 18.9 Å². The van der Waals surface area contributed by atoms with E-state index < -0.39 is 5.97 Å². The van der Waals surface area contributed by atoms with Gasteiger partial charge in [0.15, 0.2) is 11.5 Å². The highest BCUT2D eigenvalue weighted by Gasteiger charge is 2.06. The summed E-state index contributed by atoms with van der Waals surface area (Å²) < 4.78 is 16.7. The Kier molecular flexibility index (Phi) is 8.93. The summed E-state index contributed by atoms with van der Waals surface area (Å²) in [4.78, 5) is 12.2. The molecule has 0 saturated heterocycles. The van der Waals surface area contributed by atoms with Gasteiger partial charge in [-0.3, -0.25) is 0 Å². The molecular formula is C28H30O4. The average molecular weight is 431 g/mol. The maximum Gasteiger partial charge on any atom is 0.336 e. The van der Waals surface area contributed by atoms with Gasteiger partial charge in [0, 0.05) is 6.08 Å². The van der Waals surface area contributed by atoms with E-state index in [0.29, 0.717) is 23.9 Å². The Morgan fingerprint density at radius 3 is 2.31 bits per heavy atom. The lowest BCUT2D eigenvalue weighted by atomic mass is 10.1. The standard InChI is InChI=1S/C28H30O4/c1-3-4-5-9-20-31-26-18-12-22(21-27(26)30-2)13-19-28(29)32-25-16-14-24(15-17-25)23-10-7-6-8-11-23/h6-8,10-19,21H,3-5,9,20H2,1-2H3/b19-13+. The number of unbranched alkanes of at least 4 members (excludes halogenated alkanes) is 3. The molecule has 0 amide bonds. The normalized spacial score (nSPS) is 10.8. The first-order valence-corrected chi connectivity index (χ1v) is 11.1. The second kappa shape index (κ2) is 12.4. The second-order valence-electron chi connectivity index (χ2n) is 7.46. The van der Waals surface area contributed by atoms with E-state index >= 15 is 0 Å². The lowest BCUT2D eigenvalue weighted by molar-refractivity contribution is -0.128. The van der Waals surface area contributed by atoms with Gasteiger partial charge < -0.3 is 14.2 Å². The van der Waals surface area contributed by atoms with Crippen LogP contribution in [0.2, 0.25) is 0 Å². The third-order valence-electron chi connectivity index (χ3n) is 5.03. The smallest absolute Gasteiger partial charge is 0.336 e. The molecule has 0 unspecified atom stereocenters. The van der Waals surface area contributed by atoms with Crippen LogP contribution in [0.4, 0.5) is 0 Å². The Labute approximate surface area is 190 Å². The molecule has 0 atom stereocenters. The molecule has 4 nitrogen and oxygen atoms in total. The highest BCUT2D eigenvalue weighted by Crippen LogP contribution is 2.29. The molecular weight excluding hydrogens is 400 g/mol. The minimum Gasteiger partial charge on any atom is -0.493 e. The zero-order valence-electron chi connectivity index (χ0n) is 18.8. The van der Waals surface area contributed by atoms with Crippen molar-refractivity contribution in [1.82, 2.24) is 0 Å². The van der Waals surface area contributed by atoms with Gasteiger partial charge in [-0.1, -0.05) is 74.7 Å². The third kappa shape index (κ3) is 7.02. The fraction of sp³-hybridized carbons (Fsp3) is 0.250. The number of esters is 1. The number of hydrogen-bond donors (Lipinski definition) is 0. The van der Waals surface area contributed by atoms with E-state index in [1.54, 1.807) is 25.3 Å². The Balaban J connectivity index is 1.55. The molecule has 0 aliphatic carbocycles. The van der Waals surface area contributed by atoms with Crippen LogP contribution in [0.5, 0.6) is 17.2 Å². The number of hydrogen-bond acceptors (Lipinski definition) is 4. The summed E-state index contributed by atoms with van der Waals surface area (Å²) in [5.41, 5.74) is 3.02. The van der Waals surface area contributed by atoms with Crippen molar-refractivity contribution >= 4 is 12.0 Å². The monoisotopic (exact) mass is 430 g/mol. The van der Waals surface area contributed by atoms with Crippen LogP contribution in [0.3, 0.4) is 0 Å². The van der Waals surface area contributed by atoms with Crippen LogP contribution >= 0.6 is 0 Å². The average Bonchev–Trinajstić information content (AvgIpc) is 2.84. The highest BCUT2D eigenvalue weighted by atomic mass is 16.5. The summed E-state index contributed by atoms with van der Waals surface area (Å²) in [5.74, 6) is 1.42. The molecule has 0 spiro atoms. The van der Waals surface area contributed by atoms with Crippen molar-refractivity contribution in [3.63, 3.8) is 0 Å². The Bertz CT molecular complexity index is 1010. The molecule has 3 aromatic rings. The quantitative estimate of drug-likeness (QED) is 0.143. The summed E-state index contributed by atoms with van der Waals surface area (Å²) in [7, 11) is 1.61. The number of rotatable bonds is 11. The fourth-order valence-electron chi connectivity index (χ4n) is 3.28. The van der Waals surface area contributed by atoms with Gasteiger partial charge in [-0.05, 0) is 53.5 Å². The summed E-state index contributed by atoms with van der Waals surface area (Å²) in [6.07, 6.45) is 7.72. The topological polar surface area (TPSA) is 44.8 Å². The molecule has 0 heterocycles. The maximum atomic E-state index is 12.2. The van der Waals surface area contributed by atoms with Crippen molar-refractivity contribution in [3.05, 3.63) is 84.4 Å². The van der Waals surface area contributed by atoms with Crippen molar-refractivity contribution in [2.75, 3.05) is 13.7 Å². The van der Waals surface area contributed by atoms with Crippen LogP contribution in [0, 0.1) is 0 Å². The van der Waals surface area contributed by atoms with Crippen molar-refractivity contribution in [2.24, 2.45) is 0 Å². The van der Waals surface area contributed by atoms with E-state index in [9.17, 15) is 4.79 Å². The van der Waals surface area contributed by atoms with E-state index in [4.69, 9.17) is 14.2 Å². The molecule has 0 aliphatic heterocycles. The highest BCUT2D eigenvalue weighted by molar-refractivity contribution is 5.89. The number of benzene rings is 3. The zero-order valence-corrected chi connectivity index (χ0v) is 18.8. The van der Waals surface area contributed by atoms with Gasteiger partial charge in [0.1, 0.15) is 5.75 Å². The van der Waals surface area contributed by atoms with Gasteiger partial charge in [-0.15, -0.1) is 0 Å². The lowest BCUT2D eigenvalue weighted by Crippen LogP contribution is -2.03. The molecule has 0 N–H and O–H groups in total. The third-order valence-corrected chi connectivity index (χ3v) is 5.03. The maximum absolute atomic E-state index is 12.2. The Morgan fingerprint density at radius 2 is 1.59 bits per heavy atom. The molecule has 3 aromatic carbocycles. The number of carbonyl (C=O) groups is 1. The zero-order chi connectivity index (χ0) is 22.6. The first kappa shape index (κ1) is 23.1. The van der Waals surface area contributed by atoms with Crippen molar-refractivity contribution < 1.29 is 19.0 Å². The minimum atomic E-state index is -0.437. The summed E-state index contributed by atoms with van der Waals surface area (Å²) in [6, 6.07) is 23.1. The molecule has 0 saturated carbocycles. The van der Waals surface area contributed by atoms with E-state index in [1.807, 2.05) is 60.7 Å². The second-order valence-corrected chi connectivity index (χ2v) is 7.46. The van der Waals surface area contributed by atoms with Crippen LogP contribution in [-0.2, 0) is 4.79 Å². The number of methoxy groups -OCH3 is 1. The molecule has 166 valence electrons. The fourth-order valence-corrected chi connectivity index (χ4v) is 3.28. The molecule has 3 rings (SSSR count). The van der Waals surface area contributed by atoms with Gasteiger partial charge in [0.25, 0.3) is 0 Å². The van der Waals surface area contributed by atoms with Gasteiger partial charge in [0.2, 0.25) is 0 Å². The van der Waals surface area contributed by atoms with E-state index in [0.717, 1.165) is 29.5 Å². The van der Waals surface area contributed by atoms with Gasteiger partial charge in [-0.25, -0.2) is 4.79 Å². The predicted octanol–water partition coefficient (Wildman–Crippen LogP) is 6.94. The van der Waals surface area contributed by atoms with Crippen LogP contribution in [-0.4, -0.2) is 19.7 Å². The van der Waals surface area contributed by atoms with Crippen LogP contribution in [0.1, 0.15) is 38.2 Å². The summed E-state index contributed by atoms with van der Waals surface area (Å²) in [5, 5.41) is 0. The van der Waals surface area contributed by atoms with Gasteiger partial charge >= 0.3 is 5.97 Å². The number of ether oxygens (including phenoxy) is 3. The van der Waals surface area contributed by atoms with Gasteiger partial charge in [-0.2, -0.15) is 0 Å². The first-order valence-electron chi connectivity index (χ1n) is 11.1. The summed E-state index contributed by atoms with van der Waals surface area (Å²) >= 11 is 0. The van der Waals surface area contributed by atoms with E-state index in [-0.39, 0.29) is 0 Å². The van der Waals surface area contributed by atoms with Crippen LogP contribution < -0.4 is 14.2 Å². The predicted molar refractivity (Wildman–Crippen MR) is 129 cm³/mol. The minimum absolute atomic E-state index is 0.437. The molecule has 0 bridgehead atoms. The van der Waals surface area contributed by atoms with Crippen molar-refractivity contribution in [2.45, 2.75) is 32.6 Å². The molecule has 0 aromatic heterocycles. The van der Waals surface area contributed by atoms with Crippen molar-refractivity contribution in [1.29, 1.82) is 0 Å². The molecule has 0 radical (unpaired) electrons. The van der Waals surface area contributed by atoms with Crippen LogP contribution in [0.25, 0.3) is 17.2 Å². The van der Waals surface area contributed by atoms with E-state index in [2.05, 4.69) is 6.92 Å². The van der Waals surface area contributed by atoms with Crippen molar-refractivity contribution in [3.8, 4) is 28.4 Å².